The third kappa shape index (κ3) is 3.43. The van der Waals surface area contributed by atoms with E-state index in [0.717, 1.165) is 22.0 Å². The van der Waals surface area contributed by atoms with E-state index in [0.29, 0.717) is 6.04 Å². The van der Waals surface area contributed by atoms with Crippen LogP contribution in [0.25, 0.3) is 0 Å². The maximum Gasteiger partial charge on any atom is 0.170 e. The molecule has 90 valence electrons. The standard InChI is InChI=1S/C11H19N3S2/c1-3-12-9-5-4-6-10(7-9)15-11-13-8(2)14-16-11/h9-10,12H,3-7H2,1-2H3. The third-order valence-corrected chi connectivity index (χ3v) is 5.06. The maximum atomic E-state index is 4.43. The number of aryl methyl sites for hydroxylation is 1. The fourth-order valence-corrected chi connectivity index (χ4v) is 4.39. The number of hydrogen-bond donors (Lipinski definition) is 1. The highest BCUT2D eigenvalue weighted by atomic mass is 32.2. The highest BCUT2D eigenvalue weighted by Gasteiger charge is 2.23. The molecular weight excluding hydrogens is 238 g/mol. The molecule has 1 aliphatic rings. The summed E-state index contributed by atoms with van der Waals surface area (Å²) in [5, 5.41) is 4.29. The highest BCUT2D eigenvalue weighted by molar-refractivity contribution is 8.01. The van der Waals surface area contributed by atoms with Crippen LogP contribution in [0.1, 0.15) is 38.4 Å². The number of nitrogens with one attached hydrogen (secondary N) is 1. The lowest BCUT2D eigenvalue weighted by Crippen LogP contribution is -2.34. The van der Waals surface area contributed by atoms with Crippen LogP contribution in [0, 0.1) is 6.92 Å². The third-order valence-electron chi connectivity index (χ3n) is 2.90. The molecule has 2 unspecified atom stereocenters. The fourth-order valence-electron chi connectivity index (χ4n) is 2.19. The average molecular weight is 257 g/mol. The van der Waals surface area contributed by atoms with Crippen LogP contribution in [-0.4, -0.2) is 27.2 Å². The lowest BCUT2D eigenvalue weighted by Gasteiger charge is -2.28. The Morgan fingerprint density at radius 1 is 1.50 bits per heavy atom. The maximum absolute atomic E-state index is 4.43. The zero-order valence-corrected chi connectivity index (χ0v) is 11.5. The van der Waals surface area contributed by atoms with Crippen molar-refractivity contribution in [2.75, 3.05) is 6.54 Å². The molecule has 0 aromatic carbocycles. The largest absolute Gasteiger partial charge is 0.314 e. The summed E-state index contributed by atoms with van der Waals surface area (Å²) in [6.07, 6.45) is 5.27. The first-order valence-corrected chi connectivity index (χ1v) is 7.63. The van der Waals surface area contributed by atoms with E-state index in [2.05, 4.69) is 21.6 Å². The Labute approximate surface area is 106 Å². The lowest BCUT2D eigenvalue weighted by molar-refractivity contribution is 0.387. The monoisotopic (exact) mass is 257 g/mol. The van der Waals surface area contributed by atoms with Crippen LogP contribution in [0.4, 0.5) is 0 Å². The van der Waals surface area contributed by atoms with Crippen molar-refractivity contribution in [1.82, 2.24) is 14.7 Å². The molecule has 1 aliphatic carbocycles. The Morgan fingerprint density at radius 3 is 3.06 bits per heavy atom. The molecule has 0 spiro atoms. The minimum atomic E-state index is 0.713. The van der Waals surface area contributed by atoms with Crippen LogP contribution in [0.3, 0.4) is 0 Å². The van der Waals surface area contributed by atoms with Gasteiger partial charge in [-0.25, -0.2) is 4.98 Å². The van der Waals surface area contributed by atoms with Gasteiger partial charge in [-0.05, 0) is 44.3 Å². The Bertz CT molecular complexity index is 325. The normalized spacial score (nSPS) is 25.9. The van der Waals surface area contributed by atoms with Crippen LogP contribution < -0.4 is 5.32 Å². The second-order valence-corrected chi connectivity index (χ2v) is 6.57. The fraction of sp³-hybridized carbons (Fsp3) is 0.818. The molecule has 1 fully saturated rings. The van der Waals surface area contributed by atoms with E-state index in [4.69, 9.17) is 0 Å². The van der Waals surface area contributed by atoms with Crippen molar-refractivity contribution in [3.63, 3.8) is 0 Å². The van der Waals surface area contributed by atoms with Gasteiger partial charge in [-0.2, -0.15) is 4.37 Å². The van der Waals surface area contributed by atoms with Gasteiger partial charge in [0.15, 0.2) is 4.34 Å². The molecule has 3 nitrogen and oxygen atoms in total. The number of thioether (sulfide) groups is 1. The van der Waals surface area contributed by atoms with Gasteiger partial charge >= 0.3 is 0 Å². The van der Waals surface area contributed by atoms with Gasteiger partial charge in [-0.3, -0.25) is 0 Å². The number of rotatable bonds is 4. The van der Waals surface area contributed by atoms with Crippen molar-refractivity contribution in [1.29, 1.82) is 0 Å². The molecule has 0 amide bonds. The first-order chi connectivity index (χ1) is 7.78. The van der Waals surface area contributed by atoms with E-state index in [1.54, 1.807) is 0 Å². The van der Waals surface area contributed by atoms with Crippen LogP contribution >= 0.6 is 23.3 Å². The smallest absolute Gasteiger partial charge is 0.170 e. The van der Waals surface area contributed by atoms with E-state index in [9.17, 15) is 0 Å². The summed E-state index contributed by atoms with van der Waals surface area (Å²) in [5.74, 6) is 0.909. The second-order valence-electron chi connectivity index (χ2n) is 4.27. The van der Waals surface area contributed by atoms with Gasteiger partial charge in [0.25, 0.3) is 0 Å². The van der Waals surface area contributed by atoms with Crippen molar-refractivity contribution >= 4 is 23.3 Å². The van der Waals surface area contributed by atoms with E-state index in [1.807, 2.05) is 18.7 Å². The number of hydrogen-bond acceptors (Lipinski definition) is 5. The van der Waals surface area contributed by atoms with Gasteiger partial charge < -0.3 is 5.32 Å². The van der Waals surface area contributed by atoms with E-state index in [1.165, 1.54) is 37.2 Å². The Morgan fingerprint density at radius 2 is 2.38 bits per heavy atom. The molecule has 0 aliphatic heterocycles. The van der Waals surface area contributed by atoms with Crippen molar-refractivity contribution in [3.8, 4) is 0 Å². The molecule has 16 heavy (non-hydrogen) atoms. The average Bonchev–Trinajstić information content (AvgIpc) is 2.65. The Kier molecular flexibility index (Phi) is 4.61. The van der Waals surface area contributed by atoms with Crippen LogP contribution in [0.5, 0.6) is 0 Å². The zero-order valence-electron chi connectivity index (χ0n) is 9.90. The minimum absolute atomic E-state index is 0.713. The molecular formula is C11H19N3S2. The summed E-state index contributed by atoms with van der Waals surface area (Å²) < 4.78 is 5.37. The summed E-state index contributed by atoms with van der Waals surface area (Å²) >= 11 is 3.46. The molecule has 2 atom stereocenters. The van der Waals surface area contributed by atoms with Gasteiger partial charge in [0.05, 0.1) is 0 Å². The van der Waals surface area contributed by atoms with E-state index < -0.39 is 0 Å². The predicted molar refractivity (Wildman–Crippen MR) is 70.2 cm³/mol. The Hall–Kier alpha value is -0.130. The zero-order chi connectivity index (χ0) is 11.4. The Balaban J connectivity index is 1.85. The van der Waals surface area contributed by atoms with Crippen molar-refractivity contribution < 1.29 is 0 Å². The van der Waals surface area contributed by atoms with Crippen LogP contribution in [0.15, 0.2) is 4.34 Å². The van der Waals surface area contributed by atoms with Crippen LogP contribution in [-0.2, 0) is 0 Å². The molecule has 1 aromatic heterocycles. The predicted octanol–water partition coefficient (Wildman–Crippen LogP) is 2.86. The first-order valence-electron chi connectivity index (χ1n) is 5.98. The molecule has 5 heteroatoms. The van der Waals surface area contributed by atoms with Gasteiger partial charge in [-0.15, -0.1) is 0 Å². The molecule has 0 saturated heterocycles. The second kappa shape index (κ2) is 5.98. The van der Waals surface area contributed by atoms with Crippen molar-refractivity contribution in [2.45, 2.75) is 55.2 Å². The van der Waals surface area contributed by atoms with Gasteiger partial charge in [0.1, 0.15) is 5.82 Å². The summed E-state index contributed by atoms with van der Waals surface area (Å²) in [5.41, 5.74) is 0. The quantitative estimate of drug-likeness (QED) is 0.900. The van der Waals surface area contributed by atoms with Gasteiger partial charge in [0, 0.05) is 11.3 Å². The van der Waals surface area contributed by atoms with Crippen molar-refractivity contribution in [3.05, 3.63) is 5.82 Å². The minimum Gasteiger partial charge on any atom is -0.314 e. The summed E-state index contributed by atoms with van der Waals surface area (Å²) in [7, 11) is 0. The van der Waals surface area contributed by atoms with Crippen LogP contribution in [0.2, 0.25) is 0 Å². The highest BCUT2D eigenvalue weighted by Crippen LogP contribution is 2.34. The van der Waals surface area contributed by atoms with Crippen molar-refractivity contribution in [2.24, 2.45) is 0 Å². The van der Waals surface area contributed by atoms with E-state index >= 15 is 0 Å². The lowest BCUT2D eigenvalue weighted by atomic mass is 9.95. The molecule has 1 N–H and O–H groups in total. The van der Waals surface area contributed by atoms with E-state index in [-0.39, 0.29) is 0 Å². The topological polar surface area (TPSA) is 37.8 Å². The summed E-state index contributed by atoms with van der Waals surface area (Å²) in [4.78, 5) is 4.43. The first kappa shape index (κ1) is 12.3. The number of nitrogens with zero attached hydrogens (tertiary/aromatic N) is 2. The van der Waals surface area contributed by atoms with Gasteiger partial charge in [-0.1, -0.05) is 25.1 Å². The molecule has 1 heterocycles. The molecule has 0 radical (unpaired) electrons. The van der Waals surface area contributed by atoms with Gasteiger partial charge in [0.2, 0.25) is 0 Å². The molecule has 0 bridgehead atoms. The summed E-state index contributed by atoms with van der Waals surface area (Å²) in [6.45, 7) is 5.23. The SMILES string of the molecule is CCNC1CCCC(Sc2nc(C)ns2)C1. The summed E-state index contributed by atoms with van der Waals surface area (Å²) in [6, 6.07) is 0.713. The molecule has 2 rings (SSSR count). The molecule has 1 saturated carbocycles. The molecule has 1 aromatic rings. The number of aromatic nitrogens is 2.